The van der Waals surface area contributed by atoms with Crippen LogP contribution in [0.25, 0.3) is 0 Å². The normalized spacial score (nSPS) is 33.9. The predicted molar refractivity (Wildman–Crippen MR) is 50.9 cm³/mol. The van der Waals surface area contributed by atoms with Crippen LogP contribution in [0.3, 0.4) is 0 Å². The van der Waals surface area contributed by atoms with E-state index in [1.165, 1.54) is 12.8 Å². The summed E-state index contributed by atoms with van der Waals surface area (Å²) in [6, 6.07) is 0.267. The van der Waals surface area contributed by atoms with Crippen molar-refractivity contribution in [3.05, 3.63) is 0 Å². The Kier molecular flexibility index (Phi) is 3.67. The SMILES string of the molecule is CC(Cl)=NC1CCCCC1Cl. The molecule has 0 heterocycles. The Bertz CT molecular complexity index is 152. The zero-order valence-electron chi connectivity index (χ0n) is 6.69. The topological polar surface area (TPSA) is 12.4 Å². The van der Waals surface area contributed by atoms with E-state index < -0.39 is 0 Å². The summed E-state index contributed by atoms with van der Waals surface area (Å²) in [5, 5.41) is 0.833. The van der Waals surface area contributed by atoms with E-state index in [0.717, 1.165) is 12.8 Å². The van der Waals surface area contributed by atoms with Gasteiger partial charge < -0.3 is 0 Å². The van der Waals surface area contributed by atoms with Gasteiger partial charge in [-0.3, -0.25) is 4.99 Å². The maximum absolute atomic E-state index is 6.06. The fourth-order valence-electron chi connectivity index (χ4n) is 1.44. The summed E-state index contributed by atoms with van der Waals surface area (Å²) in [6.45, 7) is 1.81. The Morgan fingerprint density at radius 1 is 1.36 bits per heavy atom. The average Bonchev–Trinajstić information content (AvgIpc) is 1.93. The van der Waals surface area contributed by atoms with Crippen molar-refractivity contribution in [3.63, 3.8) is 0 Å². The molecule has 0 aliphatic heterocycles. The molecule has 0 radical (unpaired) electrons. The lowest BCUT2D eigenvalue weighted by molar-refractivity contribution is 0.451. The zero-order chi connectivity index (χ0) is 8.27. The third-order valence-corrected chi connectivity index (χ3v) is 2.60. The zero-order valence-corrected chi connectivity index (χ0v) is 8.20. The van der Waals surface area contributed by atoms with Gasteiger partial charge in [-0.2, -0.15) is 0 Å². The fraction of sp³-hybridized carbons (Fsp3) is 0.875. The monoisotopic (exact) mass is 193 g/mol. The number of alkyl halides is 1. The summed E-state index contributed by atoms with van der Waals surface area (Å²) in [7, 11) is 0. The molecule has 1 aliphatic rings. The van der Waals surface area contributed by atoms with Crippen LogP contribution in [-0.2, 0) is 0 Å². The number of rotatable bonds is 1. The molecule has 0 saturated heterocycles. The van der Waals surface area contributed by atoms with Crippen LogP contribution in [0.1, 0.15) is 32.6 Å². The van der Waals surface area contributed by atoms with Crippen LogP contribution >= 0.6 is 23.2 Å². The number of hydrogen-bond acceptors (Lipinski definition) is 1. The van der Waals surface area contributed by atoms with Crippen molar-refractivity contribution >= 4 is 28.4 Å². The minimum absolute atomic E-state index is 0.206. The van der Waals surface area contributed by atoms with Crippen LogP contribution in [0.2, 0.25) is 0 Å². The summed E-state index contributed by atoms with van der Waals surface area (Å²) in [5.74, 6) is 0. The first-order valence-electron chi connectivity index (χ1n) is 4.04. The van der Waals surface area contributed by atoms with Gasteiger partial charge in [0.15, 0.2) is 0 Å². The van der Waals surface area contributed by atoms with Crippen molar-refractivity contribution in [2.24, 2.45) is 4.99 Å². The highest BCUT2D eigenvalue weighted by Gasteiger charge is 2.21. The Labute approximate surface area is 77.8 Å². The molecule has 2 atom stereocenters. The molecule has 11 heavy (non-hydrogen) atoms. The molecule has 0 aromatic rings. The van der Waals surface area contributed by atoms with E-state index in [1.54, 1.807) is 6.92 Å². The molecule has 64 valence electrons. The number of aliphatic imine (C=N–C) groups is 1. The second-order valence-corrected chi connectivity index (χ2v) is 4.10. The van der Waals surface area contributed by atoms with E-state index in [2.05, 4.69) is 4.99 Å². The lowest BCUT2D eigenvalue weighted by Gasteiger charge is -2.23. The van der Waals surface area contributed by atoms with E-state index >= 15 is 0 Å². The fourth-order valence-corrected chi connectivity index (χ4v) is 1.90. The van der Waals surface area contributed by atoms with Gasteiger partial charge in [0.2, 0.25) is 0 Å². The molecule has 1 fully saturated rings. The Morgan fingerprint density at radius 2 is 2.00 bits per heavy atom. The summed E-state index contributed by atoms with van der Waals surface area (Å²) in [6.07, 6.45) is 4.65. The van der Waals surface area contributed by atoms with Gasteiger partial charge >= 0.3 is 0 Å². The highest BCUT2D eigenvalue weighted by atomic mass is 35.5. The highest BCUT2D eigenvalue weighted by Crippen LogP contribution is 2.25. The van der Waals surface area contributed by atoms with Gasteiger partial charge in [-0.05, 0) is 19.8 Å². The quantitative estimate of drug-likeness (QED) is 0.449. The van der Waals surface area contributed by atoms with Crippen LogP contribution in [-0.4, -0.2) is 16.6 Å². The summed E-state index contributed by atoms with van der Waals surface area (Å²) in [5.41, 5.74) is 0. The molecule has 1 rings (SSSR count). The Balaban J connectivity index is 2.48. The molecule has 0 spiro atoms. The van der Waals surface area contributed by atoms with Crippen molar-refractivity contribution in [3.8, 4) is 0 Å². The van der Waals surface area contributed by atoms with Gasteiger partial charge in [0.1, 0.15) is 0 Å². The lowest BCUT2D eigenvalue weighted by atomic mass is 9.95. The molecule has 3 heteroatoms. The molecule has 0 aromatic heterocycles. The first-order valence-corrected chi connectivity index (χ1v) is 4.85. The summed E-state index contributed by atoms with van der Waals surface area (Å²) < 4.78 is 0. The lowest BCUT2D eigenvalue weighted by Crippen LogP contribution is -2.23. The van der Waals surface area contributed by atoms with Gasteiger partial charge in [-0.15, -0.1) is 11.6 Å². The highest BCUT2D eigenvalue weighted by molar-refractivity contribution is 6.64. The number of nitrogens with zero attached hydrogens (tertiary/aromatic N) is 1. The molecular formula is C8H13Cl2N. The average molecular weight is 194 g/mol. The minimum atomic E-state index is 0.206. The second kappa shape index (κ2) is 4.32. The maximum Gasteiger partial charge on any atom is 0.0976 e. The first-order chi connectivity index (χ1) is 5.20. The van der Waals surface area contributed by atoms with Gasteiger partial charge in [-0.1, -0.05) is 24.4 Å². The minimum Gasteiger partial charge on any atom is -0.273 e. The van der Waals surface area contributed by atoms with E-state index in [0.29, 0.717) is 5.17 Å². The van der Waals surface area contributed by atoms with Gasteiger partial charge in [0, 0.05) is 0 Å². The number of hydrogen-bond donors (Lipinski definition) is 0. The molecule has 0 N–H and O–H groups in total. The van der Waals surface area contributed by atoms with Crippen LogP contribution in [0.15, 0.2) is 4.99 Å². The van der Waals surface area contributed by atoms with Crippen molar-refractivity contribution < 1.29 is 0 Å². The van der Waals surface area contributed by atoms with Crippen molar-refractivity contribution in [1.29, 1.82) is 0 Å². The summed E-state index contributed by atoms with van der Waals surface area (Å²) >= 11 is 11.7. The standard InChI is InChI=1S/C8H13Cl2N/c1-6(9)11-8-5-3-2-4-7(8)10/h7-8H,2-5H2,1H3. The Morgan fingerprint density at radius 3 is 2.55 bits per heavy atom. The smallest absolute Gasteiger partial charge is 0.0976 e. The largest absolute Gasteiger partial charge is 0.273 e. The van der Waals surface area contributed by atoms with Gasteiger partial charge in [0.25, 0.3) is 0 Å². The predicted octanol–water partition coefficient (Wildman–Crippen LogP) is 3.19. The molecule has 1 saturated carbocycles. The molecule has 1 nitrogen and oxygen atoms in total. The van der Waals surface area contributed by atoms with E-state index in [9.17, 15) is 0 Å². The molecule has 0 bridgehead atoms. The van der Waals surface area contributed by atoms with Crippen molar-refractivity contribution in [2.75, 3.05) is 0 Å². The third-order valence-electron chi connectivity index (χ3n) is 1.99. The van der Waals surface area contributed by atoms with Crippen LogP contribution in [0.4, 0.5) is 0 Å². The van der Waals surface area contributed by atoms with Crippen LogP contribution in [0.5, 0.6) is 0 Å². The van der Waals surface area contributed by atoms with Gasteiger partial charge in [-0.25, -0.2) is 0 Å². The Hall–Kier alpha value is 0.250. The van der Waals surface area contributed by atoms with Gasteiger partial charge in [0.05, 0.1) is 16.6 Å². The van der Waals surface area contributed by atoms with Crippen LogP contribution < -0.4 is 0 Å². The van der Waals surface area contributed by atoms with Crippen LogP contribution in [0, 0.1) is 0 Å². The maximum atomic E-state index is 6.06. The van der Waals surface area contributed by atoms with Crippen molar-refractivity contribution in [2.45, 2.75) is 44.0 Å². The molecule has 0 amide bonds. The van der Waals surface area contributed by atoms with E-state index in [-0.39, 0.29) is 11.4 Å². The molecule has 2 unspecified atom stereocenters. The van der Waals surface area contributed by atoms with Crippen molar-refractivity contribution in [1.82, 2.24) is 0 Å². The van der Waals surface area contributed by atoms with E-state index in [1.807, 2.05) is 0 Å². The van der Waals surface area contributed by atoms with E-state index in [4.69, 9.17) is 23.2 Å². The molecule has 1 aliphatic carbocycles. The third kappa shape index (κ3) is 3.00. The summed E-state index contributed by atoms with van der Waals surface area (Å²) in [4.78, 5) is 4.27. The second-order valence-electron chi connectivity index (χ2n) is 2.99. The molecule has 0 aromatic carbocycles. The molecular weight excluding hydrogens is 181 g/mol. The number of halogens is 2. The first kappa shape index (κ1) is 9.34.